The summed E-state index contributed by atoms with van der Waals surface area (Å²) >= 11 is 0. The van der Waals surface area contributed by atoms with E-state index in [1.807, 2.05) is 0 Å². The van der Waals surface area contributed by atoms with E-state index < -0.39 is 44.5 Å². The third-order valence-corrected chi connectivity index (χ3v) is 5.36. The van der Waals surface area contributed by atoms with Crippen molar-refractivity contribution >= 4 is 69.4 Å². The fraction of sp³-hybridized carbons (Fsp3) is 0.350. The summed E-state index contributed by atoms with van der Waals surface area (Å²) in [5, 5.41) is 21.7. The van der Waals surface area contributed by atoms with Gasteiger partial charge in [0.05, 0.1) is 0 Å². The van der Waals surface area contributed by atoms with E-state index in [-0.39, 0.29) is 66.5 Å². The van der Waals surface area contributed by atoms with Crippen molar-refractivity contribution in [2.24, 2.45) is 0 Å². The standard InChI is InChI=1S/C20H21N3O9S.Na.H/c21-12-14(10-13-5-6-15(24)16(11-13)33(29,30)31)20(28)22-9-3-1-2-4-19(27)32-23-17(25)7-8-18(23)26;;/h5-6,10-11,24H,1-4,7-9H2,(H,22,28)(H,29,30,31);;. The van der Waals surface area contributed by atoms with Crippen molar-refractivity contribution in [2.45, 2.75) is 43.4 Å². The van der Waals surface area contributed by atoms with E-state index in [1.165, 1.54) is 6.07 Å². The van der Waals surface area contributed by atoms with Crippen molar-refractivity contribution in [1.29, 1.82) is 5.26 Å². The van der Waals surface area contributed by atoms with Crippen LogP contribution in [0.3, 0.4) is 0 Å². The number of benzene rings is 1. The Morgan fingerprint density at radius 3 is 2.41 bits per heavy atom. The van der Waals surface area contributed by atoms with E-state index in [4.69, 9.17) is 9.39 Å². The molecule has 0 saturated carbocycles. The Hall–Kier alpha value is -2.76. The molecule has 1 fully saturated rings. The van der Waals surface area contributed by atoms with Gasteiger partial charge in [-0.3, -0.25) is 18.9 Å². The average molecular weight is 503 g/mol. The maximum absolute atomic E-state index is 12.2. The van der Waals surface area contributed by atoms with E-state index in [2.05, 4.69) is 5.32 Å². The first kappa shape index (κ1) is 29.3. The number of imide groups is 1. The minimum absolute atomic E-state index is 0. The van der Waals surface area contributed by atoms with Gasteiger partial charge in [0.15, 0.2) is 0 Å². The van der Waals surface area contributed by atoms with Crippen molar-refractivity contribution in [1.82, 2.24) is 10.4 Å². The van der Waals surface area contributed by atoms with Crippen LogP contribution in [-0.4, -0.2) is 82.9 Å². The number of nitrogens with zero attached hydrogens (tertiary/aromatic N) is 2. The van der Waals surface area contributed by atoms with E-state index >= 15 is 0 Å². The van der Waals surface area contributed by atoms with Crippen molar-refractivity contribution in [3.05, 3.63) is 29.3 Å². The number of hydrogen-bond acceptors (Lipinski definition) is 9. The van der Waals surface area contributed by atoms with Gasteiger partial charge in [0, 0.05) is 25.8 Å². The van der Waals surface area contributed by atoms with Crippen LogP contribution < -0.4 is 5.32 Å². The van der Waals surface area contributed by atoms with Crippen molar-refractivity contribution in [3.8, 4) is 11.8 Å². The molecule has 0 unspecified atom stereocenters. The average Bonchev–Trinajstić information content (AvgIpc) is 3.06. The topological polar surface area (TPSA) is 191 Å². The molecule has 0 atom stereocenters. The molecule has 34 heavy (non-hydrogen) atoms. The predicted molar refractivity (Wildman–Crippen MR) is 117 cm³/mol. The molecule has 1 heterocycles. The molecule has 0 aromatic heterocycles. The number of aromatic hydroxyl groups is 1. The summed E-state index contributed by atoms with van der Waals surface area (Å²) in [6, 6.07) is 4.86. The van der Waals surface area contributed by atoms with E-state index in [0.29, 0.717) is 24.3 Å². The molecule has 0 radical (unpaired) electrons. The second kappa shape index (κ2) is 13.2. The first-order chi connectivity index (χ1) is 15.5. The SMILES string of the molecule is N#CC(=Cc1ccc(O)c(S(=O)(=O)O)c1)C(=O)NCCCCCC(=O)ON1C(=O)CCC1=O.[NaH]. The third kappa shape index (κ3) is 8.54. The molecular formula is C20H22N3NaO9S. The molecule has 1 aliphatic rings. The summed E-state index contributed by atoms with van der Waals surface area (Å²) in [5.74, 6) is -3.22. The van der Waals surface area contributed by atoms with Crippen LogP contribution in [0.25, 0.3) is 6.08 Å². The van der Waals surface area contributed by atoms with Crippen LogP contribution in [-0.2, 0) is 34.1 Å². The molecule has 1 aromatic rings. The summed E-state index contributed by atoms with van der Waals surface area (Å²) in [5.41, 5.74) is -0.230. The number of unbranched alkanes of at least 4 members (excludes halogenated alkanes) is 2. The number of carbonyl (C=O) groups excluding carboxylic acids is 4. The second-order valence-electron chi connectivity index (χ2n) is 6.98. The van der Waals surface area contributed by atoms with Gasteiger partial charge in [-0.2, -0.15) is 13.7 Å². The number of carbonyl (C=O) groups is 4. The molecule has 1 aliphatic heterocycles. The summed E-state index contributed by atoms with van der Waals surface area (Å²) in [7, 11) is -4.69. The van der Waals surface area contributed by atoms with E-state index in [0.717, 1.165) is 18.2 Å². The minimum atomic E-state index is -4.69. The van der Waals surface area contributed by atoms with Crippen LogP contribution in [0, 0.1) is 11.3 Å². The Kier molecular flexibility index (Phi) is 11.4. The monoisotopic (exact) mass is 503 g/mol. The Bertz CT molecular complexity index is 1130. The second-order valence-corrected chi connectivity index (χ2v) is 8.37. The fourth-order valence-electron chi connectivity index (χ4n) is 2.82. The Balaban J connectivity index is 0.00000578. The molecule has 0 spiro atoms. The predicted octanol–water partition coefficient (Wildman–Crippen LogP) is 0.181. The quantitative estimate of drug-likeness (QED) is 0.0991. The molecule has 3 N–H and O–H groups in total. The fourth-order valence-corrected chi connectivity index (χ4v) is 3.43. The van der Waals surface area contributed by atoms with Gasteiger partial charge in [-0.05, 0) is 36.6 Å². The van der Waals surface area contributed by atoms with E-state index in [9.17, 15) is 38.0 Å². The summed E-state index contributed by atoms with van der Waals surface area (Å²) < 4.78 is 31.6. The van der Waals surface area contributed by atoms with Crippen molar-refractivity contribution in [3.63, 3.8) is 0 Å². The molecule has 1 aromatic carbocycles. The van der Waals surface area contributed by atoms with Crippen LogP contribution in [0.5, 0.6) is 5.75 Å². The van der Waals surface area contributed by atoms with Gasteiger partial charge in [-0.15, -0.1) is 5.06 Å². The van der Waals surface area contributed by atoms with Gasteiger partial charge in [-0.25, -0.2) is 4.79 Å². The molecular weight excluding hydrogens is 481 g/mol. The van der Waals surface area contributed by atoms with Gasteiger partial charge < -0.3 is 15.3 Å². The number of hydrogen-bond donors (Lipinski definition) is 3. The van der Waals surface area contributed by atoms with Crippen LogP contribution in [0.2, 0.25) is 0 Å². The maximum atomic E-state index is 12.2. The number of nitriles is 1. The Morgan fingerprint density at radius 2 is 1.82 bits per heavy atom. The summed E-state index contributed by atoms with van der Waals surface area (Å²) in [6.07, 6.45) is 2.46. The molecule has 12 nitrogen and oxygen atoms in total. The molecule has 14 heteroatoms. The number of amides is 3. The van der Waals surface area contributed by atoms with Crippen LogP contribution in [0.4, 0.5) is 0 Å². The van der Waals surface area contributed by atoms with Crippen LogP contribution in [0.1, 0.15) is 44.1 Å². The van der Waals surface area contributed by atoms with Gasteiger partial charge in [0.25, 0.3) is 27.8 Å². The van der Waals surface area contributed by atoms with Crippen LogP contribution >= 0.6 is 0 Å². The summed E-state index contributed by atoms with van der Waals surface area (Å²) in [6.45, 7) is 0.182. The zero-order chi connectivity index (χ0) is 24.6. The molecule has 0 bridgehead atoms. The van der Waals surface area contributed by atoms with E-state index in [1.54, 1.807) is 6.07 Å². The Morgan fingerprint density at radius 1 is 1.18 bits per heavy atom. The number of hydroxylamine groups is 2. The van der Waals surface area contributed by atoms with Gasteiger partial charge >= 0.3 is 35.5 Å². The first-order valence-electron chi connectivity index (χ1n) is 9.80. The first-order valence-corrected chi connectivity index (χ1v) is 11.2. The molecule has 178 valence electrons. The number of phenolic OH excluding ortho intramolecular Hbond substituents is 1. The Labute approximate surface area is 217 Å². The molecule has 0 aliphatic carbocycles. The van der Waals surface area contributed by atoms with Crippen molar-refractivity contribution in [2.75, 3.05) is 6.54 Å². The number of nitrogens with one attached hydrogen (secondary N) is 1. The molecule has 2 rings (SSSR count). The van der Waals surface area contributed by atoms with Gasteiger partial charge in [0.1, 0.15) is 22.3 Å². The van der Waals surface area contributed by atoms with Gasteiger partial charge in [-0.1, -0.05) is 12.5 Å². The zero-order valence-corrected chi connectivity index (χ0v) is 18.1. The number of rotatable bonds is 10. The normalized spacial score (nSPS) is 13.8. The van der Waals surface area contributed by atoms with Crippen molar-refractivity contribution < 1.29 is 42.1 Å². The third-order valence-electron chi connectivity index (χ3n) is 4.48. The van der Waals surface area contributed by atoms with Gasteiger partial charge in [0.2, 0.25) is 0 Å². The summed E-state index contributed by atoms with van der Waals surface area (Å²) in [4.78, 5) is 50.6. The number of phenols is 1. The molecule has 1 saturated heterocycles. The zero-order valence-electron chi connectivity index (χ0n) is 17.3. The molecule has 3 amide bonds. The van der Waals surface area contributed by atoms with Crippen LogP contribution in [0.15, 0.2) is 28.7 Å².